The number of nitrogens with zero attached hydrogens (tertiary/aromatic N) is 4. The largest absolute Gasteiger partial charge is 0.493 e. The summed E-state index contributed by atoms with van der Waals surface area (Å²) in [5.41, 5.74) is 2.13. The molecular weight excluding hydrogens is 464 g/mol. The molecule has 168 valence electrons. The van der Waals surface area contributed by atoms with Gasteiger partial charge in [0.15, 0.2) is 0 Å². The van der Waals surface area contributed by atoms with Gasteiger partial charge in [-0.2, -0.15) is 0 Å². The monoisotopic (exact) mass is 482 g/mol. The first-order valence-corrected chi connectivity index (χ1v) is 11.3. The second-order valence-corrected chi connectivity index (χ2v) is 9.21. The van der Waals surface area contributed by atoms with Crippen molar-refractivity contribution in [3.8, 4) is 5.88 Å². The lowest BCUT2D eigenvalue weighted by molar-refractivity contribution is 0.103. The summed E-state index contributed by atoms with van der Waals surface area (Å²) in [4.78, 5) is 23.6. The molecule has 33 heavy (non-hydrogen) atoms. The van der Waals surface area contributed by atoms with Crippen LogP contribution in [0, 0.1) is 12.3 Å². The van der Waals surface area contributed by atoms with Crippen molar-refractivity contribution in [2.45, 2.75) is 13.5 Å². The van der Waals surface area contributed by atoms with E-state index < -0.39 is 0 Å². The van der Waals surface area contributed by atoms with Crippen molar-refractivity contribution in [3.63, 3.8) is 0 Å². The zero-order chi connectivity index (χ0) is 23.1. The van der Waals surface area contributed by atoms with Crippen molar-refractivity contribution in [2.75, 3.05) is 23.4 Å². The summed E-state index contributed by atoms with van der Waals surface area (Å²) < 4.78 is 7.41. The number of carbonyl (C=O) groups excluding carboxylic acids is 1. The number of aromatic nitrogens is 3. The van der Waals surface area contributed by atoms with Gasteiger partial charge in [0.1, 0.15) is 23.8 Å². The van der Waals surface area contributed by atoms with Crippen molar-refractivity contribution < 1.29 is 14.6 Å². The van der Waals surface area contributed by atoms with Crippen LogP contribution in [-0.4, -0.2) is 44.7 Å². The van der Waals surface area contributed by atoms with E-state index in [0.29, 0.717) is 51.5 Å². The zero-order valence-corrected chi connectivity index (χ0v) is 19.1. The van der Waals surface area contributed by atoms with Crippen LogP contribution >= 0.6 is 22.9 Å². The van der Waals surface area contributed by atoms with Crippen LogP contribution in [0.1, 0.15) is 21.1 Å². The summed E-state index contributed by atoms with van der Waals surface area (Å²) in [5, 5.41) is 22.1. The molecule has 4 aromatic rings. The maximum absolute atomic E-state index is 12.6. The SMILES string of the molecule is Cc1nc(NC(=O)c2ccc(Cl)s2)c2cn(Cc3cccc(N4CCOC4=N)c3)c(O)c2n1. The van der Waals surface area contributed by atoms with Gasteiger partial charge < -0.3 is 19.7 Å². The number of hydrogen-bond acceptors (Lipinski definition) is 7. The number of amidine groups is 1. The molecule has 0 spiro atoms. The smallest absolute Gasteiger partial charge is 0.289 e. The number of benzene rings is 1. The Labute approximate surface area is 197 Å². The van der Waals surface area contributed by atoms with Gasteiger partial charge in [-0.3, -0.25) is 15.1 Å². The van der Waals surface area contributed by atoms with Gasteiger partial charge in [0.05, 0.1) is 27.7 Å². The molecule has 1 aliphatic rings. The lowest BCUT2D eigenvalue weighted by Crippen LogP contribution is -2.24. The molecule has 1 aliphatic heterocycles. The first kappa shape index (κ1) is 21.2. The van der Waals surface area contributed by atoms with Crippen molar-refractivity contribution in [1.29, 1.82) is 5.41 Å². The number of aromatic hydroxyl groups is 1. The second-order valence-electron chi connectivity index (χ2n) is 7.50. The number of hydrogen-bond donors (Lipinski definition) is 3. The number of aryl methyl sites for hydroxylation is 1. The third kappa shape index (κ3) is 4.10. The van der Waals surface area contributed by atoms with Crippen LogP contribution in [0.15, 0.2) is 42.6 Å². The number of halogens is 1. The maximum atomic E-state index is 12.6. The maximum Gasteiger partial charge on any atom is 0.289 e. The minimum absolute atomic E-state index is 0.0205. The fourth-order valence-electron chi connectivity index (χ4n) is 3.73. The lowest BCUT2D eigenvalue weighted by atomic mass is 10.2. The first-order valence-electron chi connectivity index (χ1n) is 10.1. The molecular formula is C22H19ClN6O3S. The molecule has 9 nitrogen and oxygen atoms in total. The van der Waals surface area contributed by atoms with Gasteiger partial charge in [-0.15, -0.1) is 11.3 Å². The minimum atomic E-state index is -0.332. The average molecular weight is 483 g/mol. The molecule has 1 fully saturated rings. The van der Waals surface area contributed by atoms with E-state index in [-0.39, 0.29) is 17.8 Å². The van der Waals surface area contributed by atoms with E-state index in [1.54, 1.807) is 34.7 Å². The topological polar surface area (TPSA) is 116 Å². The van der Waals surface area contributed by atoms with E-state index in [0.717, 1.165) is 11.3 Å². The zero-order valence-electron chi connectivity index (χ0n) is 17.5. The van der Waals surface area contributed by atoms with Gasteiger partial charge in [-0.05, 0) is 36.8 Å². The van der Waals surface area contributed by atoms with Gasteiger partial charge in [-0.1, -0.05) is 23.7 Å². The average Bonchev–Trinajstić information content (AvgIpc) is 3.49. The predicted molar refractivity (Wildman–Crippen MR) is 128 cm³/mol. The molecule has 4 heterocycles. The normalized spacial score (nSPS) is 13.5. The Hall–Kier alpha value is -3.63. The van der Waals surface area contributed by atoms with Crippen LogP contribution in [0.5, 0.6) is 5.88 Å². The van der Waals surface area contributed by atoms with Crippen LogP contribution in [0.2, 0.25) is 4.34 Å². The molecule has 0 radical (unpaired) electrons. The van der Waals surface area contributed by atoms with Crippen molar-refractivity contribution in [3.05, 3.63) is 63.2 Å². The van der Waals surface area contributed by atoms with Gasteiger partial charge in [0, 0.05) is 11.9 Å². The number of thiophene rings is 1. The highest BCUT2D eigenvalue weighted by atomic mass is 35.5. The van der Waals surface area contributed by atoms with Crippen LogP contribution in [0.3, 0.4) is 0 Å². The Balaban J connectivity index is 1.46. The molecule has 1 amide bonds. The number of amides is 1. The molecule has 1 aromatic carbocycles. The van der Waals surface area contributed by atoms with Crippen molar-refractivity contribution >= 4 is 57.3 Å². The highest BCUT2D eigenvalue weighted by Crippen LogP contribution is 2.32. The molecule has 3 N–H and O–H groups in total. The molecule has 1 saturated heterocycles. The molecule has 0 bridgehead atoms. The van der Waals surface area contributed by atoms with E-state index in [1.807, 2.05) is 24.3 Å². The standard InChI is InChI=1S/C22H19ClN6O3S/c1-12-25-18-15(19(26-12)27-20(30)16-5-6-17(23)33-16)11-28(21(18)31)10-13-3-2-4-14(9-13)29-7-8-32-22(29)24/h2-6,9,11,24,31H,7-8,10H2,1H3,(H,25,26,27,30). The van der Waals surface area contributed by atoms with Crippen LogP contribution < -0.4 is 10.2 Å². The molecule has 11 heteroatoms. The summed E-state index contributed by atoms with van der Waals surface area (Å²) in [6, 6.07) is 11.1. The van der Waals surface area contributed by atoms with E-state index in [4.69, 9.17) is 21.7 Å². The predicted octanol–water partition coefficient (Wildman–Crippen LogP) is 4.23. The molecule has 0 unspecified atom stereocenters. The van der Waals surface area contributed by atoms with Crippen LogP contribution in [0.4, 0.5) is 11.5 Å². The number of anilines is 2. The Morgan fingerprint density at radius 2 is 2.18 bits per heavy atom. The molecule has 0 aliphatic carbocycles. The highest BCUT2D eigenvalue weighted by Gasteiger charge is 2.21. The van der Waals surface area contributed by atoms with E-state index in [9.17, 15) is 9.90 Å². The summed E-state index contributed by atoms with van der Waals surface area (Å²) in [6.45, 7) is 3.17. The number of rotatable bonds is 5. The van der Waals surface area contributed by atoms with Crippen LogP contribution in [-0.2, 0) is 11.3 Å². The van der Waals surface area contributed by atoms with Gasteiger partial charge >= 0.3 is 0 Å². The summed E-state index contributed by atoms with van der Waals surface area (Å²) in [7, 11) is 0. The van der Waals surface area contributed by atoms with Crippen molar-refractivity contribution in [2.24, 2.45) is 0 Å². The van der Waals surface area contributed by atoms with Gasteiger partial charge in [0.25, 0.3) is 11.9 Å². The van der Waals surface area contributed by atoms with E-state index in [1.165, 1.54) is 11.3 Å². The van der Waals surface area contributed by atoms with Gasteiger partial charge in [0.2, 0.25) is 5.88 Å². The number of nitrogens with one attached hydrogen (secondary N) is 2. The summed E-state index contributed by atoms with van der Waals surface area (Å²) in [5.74, 6) is 0.386. The molecule has 0 saturated carbocycles. The number of fused-ring (bicyclic) bond motifs is 1. The molecule has 3 aromatic heterocycles. The molecule has 0 atom stereocenters. The fourth-order valence-corrected chi connectivity index (χ4v) is 4.67. The number of carbonyl (C=O) groups is 1. The number of ether oxygens (including phenoxy) is 1. The quantitative estimate of drug-likeness (QED) is 0.392. The lowest BCUT2D eigenvalue weighted by Gasteiger charge is -2.16. The summed E-state index contributed by atoms with van der Waals surface area (Å²) >= 11 is 7.12. The van der Waals surface area contributed by atoms with E-state index >= 15 is 0 Å². The van der Waals surface area contributed by atoms with E-state index in [2.05, 4.69) is 15.3 Å². The third-order valence-electron chi connectivity index (χ3n) is 5.23. The molecule has 5 rings (SSSR count). The Morgan fingerprint density at radius 1 is 1.33 bits per heavy atom. The summed E-state index contributed by atoms with van der Waals surface area (Å²) in [6.07, 6.45) is 1.72. The van der Waals surface area contributed by atoms with Crippen molar-refractivity contribution in [1.82, 2.24) is 14.5 Å². The third-order valence-corrected chi connectivity index (χ3v) is 6.46. The Morgan fingerprint density at radius 3 is 2.91 bits per heavy atom. The highest BCUT2D eigenvalue weighted by molar-refractivity contribution is 7.18. The Kier molecular flexibility index (Phi) is 5.39. The Bertz CT molecular complexity index is 1400. The fraction of sp³-hybridized carbons (Fsp3) is 0.182. The second kappa shape index (κ2) is 8.38. The van der Waals surface area contributed by atoms with Gasteiger partial charge in [-0.25, -0.2) is 9.97 Å². The first-order chi connectivity index (χ1) is 15.9. The van der Waals surface area contributed by atoms with Crippen LogP contribution in [0.25, 0.3) is 10.9 Å². The minimum Gasteiger partial charge on any atom is -0.493 e.